The van der Waals surface area contributed by atoms with Gasteiger partial charge in [-0.25, -0.2) is 10.8 Å². The van der Waals surface area contributed by atoms with E-state index in [1.54, 1.807) is 6.20 Å². The first-order chi connectivity index (χ1) is 7.81. The first-order valence-electron chi connectivity index (χ1n) is 4.41. The summed E-state index contributed by atoms with van der Waals surface area (Å²) in [7, 11) is 0. The highest BCUT2D eigenvalue weighted by Gasteiger charge is 2.12. The van der Waals surface area contributed by atoms with Gasteiger partial charge in [-0.05, 0) is 17.0 Å². The normalized spacial score (nSPS) is 10.3. The molecule has 2 heterocycles. The number of nitrogens with zero attached hydrogens (tertiary/aromatic N) is 1. The van der Waals surface area contributed by atoms with Gasteiger partial charge in [0.25, 0.3) is 11.1 Å². The Morgan fingerprint density at radius 3 is 3.25 bits per heavy atom. The lowest BCUT2D eigenvalue weighted by atomic mass is 10.3. The minimum Gasteiger partial charge on any atom is -0.440 e. The fourth-order valence-electron chi connectivity index (χ4n) is 1.14. The van der Waals surface area contributed by atoms with Crippen LogP contribution in [0.2, 0.25) is 0 Å². The zero-order chi connectivity index (χ0) is 11.4. The number of thioether (sulfide) groups is 1. The Bertz CT molecular complexity index is 467. The Morgan fingerprint density at radius 1 is 1.69 bits per heavy atom. The average Bonchev–Trinajstić information content (AvgIpc) is 2.96. The van der Waals surface area contributed by atoms with E-state index in [9.17, 15) is 4.79 Å². The van der Waals surface area contributed by atoms with Gasteiger partial charge in [0.15, 0.2) is 0 Å². The Morgan fingerprint density at radius 2 is 2.56 bits per heavy atom. The van der Waals surface area contributed by atoms with Crippen LogP contribution < -0.4 is 11.3 Å². The topological polar surface area (TPSA) is 81.1 Å². The molecule has 0 saturated carbocycles. The molecule has 0 atom stereocenters. The molecule has 84 valence electrons. The third-order valence-corrected chi connectivity index (χ3v) is 3.70. The van der Waals surface area contributed by atoms with E-state index in [-0.39, 0.29) is 5.91 Å². The summed E-state index contributed by atoms with van der Waals surface area (Å²) in [6.45, 7) is 0. The van der Waals surface area contributed by atoms with E-state index in [0.29, 0.717) is 15.9 Å². The molecule has 2 rings (SSSR count). The Labute approximate surface area is 100 Å². The van der Waals surface area contributed by atoms with E-state index in [2.05, 4.69) is 10.4 Å². The average molecular weight is 255 g/mol. The lowest BCUT2D eigenvalue weighted by Crippen LogP contribution is -2.29. The van der Waals surface area contributed by atoms with E-state index in [0.717, 1.165) is 5.56 Å². The van der Waals surface area contributed by atoms with Crippen LogP contribution in [0.1, 0.15) is 15.2 Å². The summed E-state index contributed by atoms with van der Waals surface area (Å²) in [4.78, 5) is 16.0. The second kappa shape index (κ2) is 5.15. The predicted octanol–water partition coefficient (Wildman–Crippen LogP) is 1.63. The molecule has 3 N–H and O–H groups in total. The summed E-state index contributed by atoms with van der Waals surface area (Å²) in [5.74, 6) is 5.46. The molecule has 0 aliphatic carbocycles. The SMILES string of the molecule is NNC(=O)c1sccc1CSc1ncco1. The third-order valence-electron chi connectivity index (χ3n) is 1.84. The maximum Gasteiger partial charge on any atom is 0.275 e. The van der Waals surface area contributed by atoms with Gasteiger partial charge in [0.2, 0.25) is 0 Å². The van der Waals surface area contributed by atoms with Gasteiger partial charge in [-0.15, -0.1) is 11.3 Å². The molecule has 16 heavy (non-hydrogen) atoms. The van der Waals surface area contributed by atoms with Crippen LogP contribution in [0.5, 0.6) is 0 Å². The van der Waals surface area contributed by atoms with Crippen LogP contribution in [0.25, 0.3) is 0 Å². The number of thiophene rings is 1. The third kappa shape index (κ3) is 2.43. The number of amides is 1. The smallest absolute Gasteiger partial charge is 0.275 e. The second-order valence-electron chi connectivity index (χ2n) is 2.84. The molecule has 5 nitrogen and oxygen atoms in total. The Balaban J connectivity index is 2.04. The van der Waals surface area contributed by atoms with E-state index >= 15 is 0 Å². The van der Waals surface area contributed by atoms with Crippen molar-refractivity contribution in [1.29, 1.82) is 0 Å². The lowest BCUT2D eigenvalue weighted by molar-refractivity contribution is 0.0957. The van der Waals surface area contributed by atoms with Crippen molar-refractivity contribution in [2.75, 3.05) is 0 Å². The number of nitrogens with one attached hydrogen (secondary N) is 1. The van der Waals surface area contributed by atoms with E-state index in [1.165, 1.54) is 29.4 Å². The van der Waals surface area contributed by atoms with Crippen LogP contribution in [0.15, 0.2) is 33.5 Å². The van der Waals surface area contributed by atoms with Crippen molar-refractivity contribution in [1.82, 2.24) is 10.4 Å². The monoisotopic (exact) mass is 255 g/mol. The first kappa shape index (κ1) is 11.2. The molecule has 0 spiro atoms. The fraction of sp³-hybridized carbons (Fsp3) is 0.111. The molecule has 0 saturated heterocycles. The van der Waals surface area contributed by atoms with Crippen molar-refractivity contribution in [3.63, 3.8) is 0 Å². The highest BCUT2D eigenvalue weighted by Crippen LogP contribution is 2.25. The molecule has 0 fully saturated rings. The van der Waals surface area contributed by atoms with E-state index in [4.69, 9.17) is 10.3 Å². The number of nitrogens with two attached hydrogens (primary N) is 1. The maximum atomic E-state index is 11.4. The molecule has 0 aliphatic rings. The van der Waals surface area contributed by atoms with Crippen molar-refractivity contribution in [2.45, 2.75) is 11.0 Å². The number of hydrogen-bond acceptors (Lipinski definition) is 6. The first-order valence-corrected chi connectivity index (χ1v) is 6.27. The molecular weight excluding hydrogens is 246 g/mol. The summed E-state index contributed by atoms with van der Waals surface area (Å²) in [5.41, 5.74) is 3.05. The van der Waals surface area contributed by atoms with Crippen molar-refractivity contribution in [2.24, 2.45) is 5.84 Å². The number of carbonyl (C=O) groups is 1. The summed E-state index contributed by atoms with van der Waals surface area (Å²) < 4.78 is 5.09. The van der Waals surface area contributed by atoms with Crippen molar-refractivity contribution < 1.29 is 9.21 Å². The van der Waals surface area contributed by atoms with Crippen LogP contribution in [-0.4, -0.2) is 10.9 Å². The zero-order valence-corrected chi connectivity index (χ0v) is 9.81. The number of nitrogen functional groups attached to an aromatic ring is 1. The summed E-state index contributed by atoms with van der Waals surface area (Å²) >= 11 is 2.80. The minimum absolute atomic E-state index is 0.266. The van der Waals surface area contributed by atoms with Gasteiger partial charge in [-0.3, -0.25) is 10.2 Å². The quantitative estimate of drug-likeness (QED) is 0.375. The summed E-state index contributed by atoms with van der Waals surface area (Å²) in [6, 6.07) is 1.89. The van der Waals surface area contributed by atoms with Gasteiger partial charge in [0.05, 0.1) is 11.1 Å². The maximum absolute atomic E-state index is 11.4. The predicted molar refractivity (Wildman–Crippen MR) is 62.0 cm³/mol. The van der Waals surface area contributed by atoms with Gasteiger partial charge in [-0.2, -0.15) is 0 Å². The number of rotatable bonds is 4. The molecule has 0 radical (unpaired) electrons. The highest BCUT2D eigenvalue weighted by molar-refractivity contribution is 7.98. The molecule has 0 aromatic carbocycles. The van der Waals surface area contributed by atoms with Gasteiger partial charge in [0.1, 0.15) is 6.26 Å². The van der Waals surface area contributed by atoms with Crippen LogP contribution in [0, 0.1) is 0 Å². The highest BCUT2D eigenvalue weighted by atomic mass is 32.2. The summed E-state index contributed by atoms with van der Waals surface area (Å²) in [5, 5.41) is 2.45. The molecule has 0 aliphatic heterocycles. The van der Waals surface area contributed by atoms with Crippen LogP contribution in [0.4, 0.5) is 0 Å². The zero-order valence-electron chi connectivity index (χ0n) is 8.17. The van der Waals surface area contributed by atoms with Gasteiger partial charge >= 0.3 is 0 Å². The number of oxazole rings is 1. The van der Waals surface area contributed by atoms with Crippen molar-refractivity contribution in [3.8, 4) is 0 Å². The standard InChI is InChI=1S/C9H9N3O2S2/c10-12-8(13)7-6(1-4-15-7)5-16-9-11-2-3-14-9/h1-4H,5,10H2,(H,12,13). The number of hydrogen-bond donors (Lipinski definition) is 2. The van der Waals surface area contributed by atoms with Gasteiger partial charge in [-0.1, -0.05) is 11.8 Å². The van der Waals surface area contributed by atoms with Gasteiger partial charge < -0.3 is 4.42 Å². The molecule has 2 aromatic heterocycles. The molecule has 0 unspecified atom stereocenters. The number of hydrazine groups is 1. The Kier molecular flexibility index (Phi) is 3.60. The Hall–Kier alpha value is -1.31. The minimum atomic E-state index is -0.266. The van der Waals surface area contributed by atoms with Crippen molar-refractivity contribution >= 4 is 29.0 Å². The van der Waals surface area contributed by atoms with Crippen LogP contribution in [-0.2, 0) is 5.75 Å². The van der Waals surface area contributed by atoms with E-state index in [1.807, 2.05) is 11.4 Å². The molecule has 7 heteroatoms. The summed E-state index contributed by atoms with van der Waals surface area (Å²) in [6.07, 6.45) is 3.10. The molecule has 0 bridgehead atoms. The molecule has 2 aromatic rings. The number of carbonyl (C=O) groups excluding carboxylic acids is 1. The van der Waals surface area contributed by atoms with Crippen molar-refractivity contribution in [3.05, 3.63) is 34.3 Å². The van der Waals surface area contributed by atoms with Crippen LogP contribution >= 0.6 is 23.1 Å². The molecule has 1 amide bonds. The molecular formula is C9H9N3O2S2. The van der Waals surface area contributed by atoms with Crippen LogP contribution in [0.3, 0.4) is 0 Å². The number of aromatic nitrogens is 1. The largest absolute Gasteiger partial charge is 0.440 e. The fourth-order valence-corrected chi connectivity index (χ4v) is 2.83. The van der Waals surface area contributed by atoms with Gasteiger partial charge in [0, 0.05) is 5.75 Å². The van der Waals surface area contributed by atoms with E-state index < -0.39 is 0 Å². The lowest BCUT2D eigenvalue weighted by Gasteiger charge is -2.00. The second-order valence-corrected chi connectivity index (χ2v) is 4.68.